The third-order valence-electron chi connectivity index (χ3n) is 0. The van der Waals surface area contributed by atoms with Gasteiger partial charge in [-0.25, -0.2) is 0 Å². The summed E-state index contributed by atoms with van der Waals surface area (Å²) in [6.45, 7) is 0. The van der Waals surface area contributed by atoms with Crippen LogP contribution >= 0.6 is 0 Å². The average Bonchev–Trinajstić information content (AvgIpc) is 0. The fourth-order valence-corrected chi connectivity index (χ4v) is 0. The van der Waals surface area contributed by atoms with E-state index in [1.807, 2.05) is 0 Å². The predicted octanol–water partition coefficient (Wildman–Crippen LogP) is -12.2. The summed E-state index contributed by atoms with van der Waals surface area (Å²) >= 11 is 0. The molecule has 0 rings (SSSR count). The summed E-state index contributed by atoms with van der Waals surface area (Å²) in [5, 5.41) is 0. The molecular weight excluding hydrogens is 342 g/mol. The predicted molar refractivity (Wildman–Crippen MR) is 36.0 cm³/mol. The molecular formula is H14Cl2O6Sr2. The van der Waals surface area contributed by atoms with E-state index in [1.54, 1.807) is 0 Å². The molecule has 0 aromatic carbocycles. The molecule has 0 spiro atoms. The summed E-state index contributed by atoms with van der Waals surface area (Å²) in [7, 11) is 0. The molecule has 0 radical (unpaired) electrons. The van der Waals surface area contributed by atoms with E-state index in [9.17, 15) is 0 Å². The summed E-state index contributed by atoms with van der Waals surface area (Å²) in [5.41, 5.74) is 0. The standard InChI is InChI=1S/2ClH.6H2O.2Sr.2H/h2*1H;6*1H2;;;;/q;;;;;;;;;+2;;/p-2. The van der Waals surface area contributed by atoms with Crippen LogP contribution in [0.1, 0.15) is 0 Å². The Morgan fingerprint density at radius 1 is 0.400 bits per heavy atom. The van der Waals surface area contributed by atoms with Crippen LogP contribution in [0.3, 0.4) is 0 Å². The van der Waals surface area contributed by atoms with E-state index < -0.39 is 0 Å². The van der Waals surface area contributed by atoms with Crippen LogP contribution in [0.25, 0.3) is 0 Å². The van der Waals surface area contributed by atoms with Gasteiger partial charge in [-0.3, -0.25) is 0 Å². The third kappa shape index (κ3) is 110. The van der Waals surface area contributed by atoms with E-state index >= 15 is 0 Å². The fourth-order valence-electron chi connectivity index (χ4n) is 0. The van der Waals surface area contributed by atoms with Crippen molar-refractivity contribution >= 4 is 91.0 Å². The van der Waals surface area contributed by atoms with Gasteiger partial charge in [-0.05, 0) is 0 Å². The summed E-state index contributed by atoms with van der Waals surface area (Å²) in [4.78, 5) is 0. The zero-order valence-corrected chi connectivity index (χ0v) is 9.45. The van der Waals surface area contributed by atoms with Gasteiger partial charge in [-0.2, -0.15) is 0 Å². The van der Waals surface area contributed by atoms with Gasteiger partial charge in [0.15, 0.2) is 0 Å². The summed E-state index contributed by atoms with van der Waals surface area (Å²) in [6.07, 6.45) is 0. The summed E-state index contributed by atoms with van der Waals surface area (Å²) < 4.78 is 0. The molecule has 0 aliphatic rings. The molecule has 0 bridgehead atoms. The Kier molecular flexibility index (Phi) is 2660. The number of hydrogen-bond acceptors (Lipinski definition) is 0. The van der Waals surface area contributed by atoms with Crippen molar-refractivity contribution in [3.63, 3.8) is 0 Å². The first-order chi connectivity index (χ1) is 0. The molecule has 12 N–H and O–H groups in total. The van der Waals surface area contributed by atoms with Gasteiger partial charge in [0.1, 0.15) is 0 Å². The van der Waals surface area contributed by atoms with E-state index in [0.717, 1.165) is 0 Å². The van der Waals surface area contributed by atoms with E-state index in [2.05, 4.69) is 0 Å². The molecule has 0 saturated heterocycles. The van der Waals surface area contributed by atoms with Crippen molar-refractivity contribution in [2.45, 2.75) is 0 Å². The first kappa shape index (κ1) is 185. The second kappa shape index (κ2) is 144. The minimum absolute atomic E-state index is 0. The van der Waals surface area contributed by atoms with Crippen LogP contribution in [-0.4, -0.2) is 124 Å². The maximum absolute atomic E-state index is 0. The van der Waals surface area contributed by atoms with Crippen LogP contribution in [0.2, 0.25) is 0 Å². The molecule has 0 unspecified atom stereocenters. The Balaban J connectivity index is 0. The van der Waals surface area contributed by atoms with Gasteiger partial charge >= 0.3 is 91.0 Å². The molecule has 0 aromatic heterocycles. The molecule has 68 valence electrons. The first-order valence-corrected chi connectivity index (χ1v) is 0. The van der Waals surface area contributed by atoms with Crippen LogP contribution in [0.15, 0.2) is 0 Å². The molecule has 0 fully saturated rings. The monoisotopic (exact) mass is 356 g/mol. The van der Waals surface area contributed by atoms with Crippen LogP contribution in [0, 0.1) is 0 Å². The fraction of sp³-hybridized carbons (Fsp3) is 0. The van der Waals surface area contributed by atoms with Gasteiger partial charge in [-0.15, -0.1) is 0 Å². The topological polar surface area (TPSA) is 189 Å². The van der Waals surface area contributed by atoms with Gasteiger partial charge in [0.05, 0.1) is 0 Å². The summed E-state index contributed by atoms with van der Waals surface area (Å²) in [5.74, 6) is 0. The number of halogens is 2. The second-order valence-electron chi connectivity index (χ2n) is 0. The molecule has 10 heavy (non-hydrogen) atoms. The van der Waals surface area contributed by atoms with Crippen LogP contribution in [0.5, 0.6) is 0 Å². The van der Waals surface area contributed by atoms with Crippen molar-refractivity contribution in [3.8, 4) is 0 Å². The van der Waals surface area contributed by atoms with Gasteiger partial charge in [0.2, 0.25) is 0 Å². The van der Waals surface area contributed by atoms with Crippen molar-refractivity contribution in [1.82, 2.24) is 0 Å². The molecule has 0 saturated carbocycles. The van der Waals surface area contributed by atoms with Crippen molar-refractivity contribution in [2.75, 3.05) is 0 Å². The minimum atomic E-state index is 0. The van der Waals surface area contributed by atoms with Crippen LogP contribution in [0.4, 0.5) is 0 Å². The van der Waals surface area contributed by atoms with Crippen molar-refractivity contribution in [3.05, 3.63) is 0 Å². The SMILES string of the molecule is O.O.O.O.O.O.[Cl-].[Cl-].[Sr+2].[SrH2]. The van der Waals surface area contributed by atoms with Gasteiger partial charge in [0, 0.05) is 0 Å². The zero-order valence-electron chi connectivity index (χ0n) is 4.46. The first-order valence-electron chi connectivity index (χ1n) is 0. The molecule has 6 nitrogen and oxygen atoms in total. The van der Waals surface area contributed by atoms with E-state index in [0.29, 0.717) is 0 Å². The van der Waals surface area contributed by atoms with E-state index in [4.69, 9.17) is 0 Å². The van der Waals surface area contributed by atoms with E-state index in [1.165, 1.54) is 0 Å². The van der Waals surface area contributed by atoms with Crippen LogP contribution < -0.4 is 24.8 Å². The Morgan fingerprint density at radius 3 is 0.400 bits per heavy atom. The molecule has 0 heterocycles. The summed E-state index contributed by atoms with van der Waals surface area (Å²) in [6, 6.07) is 0. The zero-order chi connectivity index (χ0) is 0. The average molecular weight is 356 g/mol. The molecule has 0 aromatic rings. The Hall–Kier alpha value is 3.30. The molecule has 0 aliphatic heterocycles. The molecule has 0 aliphatic carbocycles. The van der Waals surface area contributed by atoms with Gasteiger partial charge in [-0.1, -0.05) is 0 Å². The number of hydrogen-bond donors (Lipinski definition) is 0. The quantitative estimate of drug-likeness (QED) is 0.373. The van der Waals surface area contributed by atoms with Gasteiger partial charge in [0.25, 0.3) is 0 Å². The normalized spacial score (nSPS) is 0. The molecule has 0 atom stereocenters. The van der Waals surface area contributed by atoms with Crippen LogP contribution in [-0.2, 0) is 0 Å². The Bertz CT molecular complexity index is 13.7. The van der Waals surface area contributed by atoms with Crippen molar-refractivity contribution in [2.24, 2.45) is 0 Å². The van der Waals surface area contributed by atoms with Crippen molar-refractivity contribution in [1.29, 1.82) is 0 Å². The molecule has 10 heteroatoms. The van der Waals surface area contributed by atoms with Crippen molar-refractivity contribution < 1.29 is 57.7 Å². The Labute approximate surface area is 145 Å². The number of rotatable bonds is 0. The maximum atomic E-state index is 0. The third-order valence-corrected chi connectivity index (χ3v) is 0. The van der Waals surface area contributed by atoms with Gasteiger partial charge < -0.3 is 57.7 Å². The second-order valence-corrected chi connectivity index (χ2v) is 0. The Morgan fingerprint density at radius 2 is 0.400 bits per heavy atom. The molecule has 0 amide bonds. The van der Waals surface area contributed by atoms with E-state index in [-0.39, 0.29) is 149 Å².